The van der Waals surface area contributed by atoms with Gasteiger partial charge >= 0.3 is 0 Å². The van der Waals surface area contributed by atoms with E-state index in [9.17, 15) is 14.4 Å². The van der Waals surface area contributed by atoms with E-state index >= 15 is 0 Å². The van der Waals surface area contributed by atoms with E-state index in [2.05, 4.69) is 5.16 Å². The fourth-order valence-corrected chi connectivity index (χ4v) is 7.29. The molecule has 5 atom stereocenters. The second-order valence-corrected chi connectivity index (χ2v) is 11.3. The number of carbonyl (C=O) groups is 3. The highest BCUT2D eigenvalue weighted by atomic mass is 16.5. The van der Waals surface area contributed by atoms with Gasteiger partial charge in [-0.2, -0.15) is 0 Å². The predicted octanol–water partition coefficient (Wildman–Crippen LogP) is 3.20. The average molecular weight is 544 g/mol. The maximum Gasteiger partial charge on any atom is 0.265 e. The summed E-state index contributed by atoms with van der Waals surface area (Å²) in [4.78, 5) is 45.0. The van der Waals surface area contributed by atoms with Crippen molar-refractivity contribution < 1.29 is 28.4 Å². The van der Waals surface area contributed by atoms with Crippen LogP contribution in [0.1, 0.15) is 43.2 Å². The normalized spacial score (nSPS) is 27.0. The Balaban J connectivity index is 1.44. The Hall–Kier alpha value is -3.82. The van der Waals surface area contributed by atoms with E-state index in [0.717, 1.165) is 22.4 Å². The number of anilines is 1. The molecule has 2 N–H and O–H groups in total. The number of fused-ring (bicyclic) bond motifs is 4. The molecule has 2 aromatic carbocycles. The first-order valence-corrected chi connectivity index (χ1v) is 13.6. The van der Waals surface area contributed by atoms with Gasteiger partial charge in [-0.3, -0.25) is 14.4 Å². The minimum Gasteiger partial charge on any atom is -0.470 e. The summed E-state index contributed by atoms with van der Waals surface area (Å²) in [6, 6.07) is 13.4. The number of ketones is 3. The Morgan fingerprint density at radius 3 is 2.50 bits per heavy atom. The Kier molecular flexibility index (Phi) is 6.39. The van der Waals surface area contributed by atoms with Crippen LogP contribution in [0.2, 0.25) is 0 Å². The molecule has 1 fully saturated rings. The van der Waals surface area contributed by atoms with Crippen LogP contribution in [0.25, 0.3) is 0 Å². The molecular formula is C31H33N3O6. The van der Waals surface area contributed by atoms with Crippen LogP contribution < -0.4 is 15.4 Å². The maximum atomic E-state index is 14.5. The minimum atomic E-state index is -1.88. The van der Waals surface area contributed by atoms with Crippen molar-refractivity contribution in [2.75, 3.05) is 32.6 Å². The third kappa shape index (κ3) is 3.60. The van der Waals surface area contributed by atoms with Crippen molar-refractivity contribution in [3.05, 3.63) is 76.0 Å². The van der Waals surface area contributed by atoms with Crippen LogP contribution >= 0.6 is 0 Å². The molecule has 208 valence electrons. The van der Waals surface area contributed by atoms with E-state index in [4.69, 9.17) is 19.7 Å². The molecule has 0 spiro atoms. The van der Waals surface area contributed by atoms with Gasteiger partial charge < -0.3 is 24.6 Å². The van der Waals surface area contributed by atoms with Gasteiger partial charge in [-0.25, -0.2) is 0 Å². The predicted molar refractivity (Wildman–Crippen MR) is 147 cm³/mol. The Bertz CT molecular complexity index is 1510. The smallest absolute Gasteiger partial charge is 0.265 e. The van der Waals surface area contributed by atoms with Crippen molar-refractivity contribution in [1.29, 1.82) is 0 Å². The highest BCUT2D eigenvalue weighted by Gasteiger charge is 2.68. The first kappa shape index (κ1) is 26.4. The number of Topliss-reactive ketones (excluding diaryl/α,β-unsaturated/α-hetero) is 3. The van der Waals surface area contributed by atoms with Gasteiger partial charge in [0.05, 0.1) is 5.92 Å². The van der Waals surface area contributed by atoms with Crippen LogP contribution in [0.5, 0.6) is 5.88 Å². The lowest BCUT2D eigenvalue weighted by Crippen LogP contribution is -2.69. The molecule has 1 aromatic heterocycles. The number of rotatable bonds is 6. The van der Waals surface area contributed by atoms with Crippen molar-refractivity contribution in [2.24, 2.45) is 29.4 Å². The van der Waals surface area contributed by atoms with E-state index in [1.165, 1.54) is 7.11 Å². The van der Waals surface area contributed by atoms with E-state index in [-0.39, 0.29) is 48.6 Å². The lowest BCUT2D eigenvalue weighted by molar-refractivity contribution is -0.160. The number of aromatic nitrogens is 1. The van der Waals surface area contributed by atoms with Crippen molar-refractivity contribution in [3.63, 3.8) is 0 Å². The van der Waals surface area contributed by atoms with Crippen LogP contribution in [0.4, 0.5) is 5.69 Å². The zero-order valence-electron chi connectivity index (χ0n) is 23.1. The van der Waals surface area contributed by atoms with E-state index < -0.39 is 29.0 Å². The summed E-state index contributed by atoms with van der Waals surface area (Å²) in [5, 5.41) is 4.05. The number of nitrogens with zero attached hydrogens (tertiary/aromatic N) is 2. The second kappa shape index (κ2) is 9.67. The molecule has 0 bridgehead atoms. The molecule has 9 nitrogen and oxygen atoms in total. The van der Waals surface area contributed by atoms with E-state index in [1.807, 2.05) is 68.4 Å². The van der Waals surface area contributed by atoms with Crippen molar-refractivity contribution in [2.45, 2.75) is 32.0 Å². The molecule has 3 aliphatic rings. The summed E-state index contributed by atoms with van der Waals surface area (Å²) in [5.41, 5.74) is 8.72. The van der Waals surface area contributed by atoms with Gasteiger partial charge in [0.25, 0.3) is 5.88 Å². The van der Waals surface area contributed by atoms with Gasteiger partial charge in [-0.1, -0.05) is 36.4 Å². The highest BCUT2D eigenvalue weighted by Crippen LogP contribution is 2.54. The number of methoxy groups -OCH3 is 1. The standard InChI is InChI=1S/C31H33N3O6/c1-16-10-11-22(34(2)3)19-12-18-20(14-32)21-13-23-26(30(33-40-23)39-15-17-8-6-5-7-9-17)29(37)31(21,38-4)28(36)25(18)27(35)24(16)19/h5-11,18,20-21,25H,12-15,32H2,1-4H3. The number of nitrogens with two attached hydrogens (primary N) is 1. The zero-order chi connectivity index (χ0) is 28.3. The molecule has 0 radical (unpaired) electrons. The molecule has 5 unspecified atom stereocenters. The average Bonchev–Trinajstić information content (AvgIpc) is 3.35. The molecule has 3 aliphatic carbocycles. The monoisotopic (exact) mass is 543 g/mol. The summed E-state index contributed by atoms with van der Waals surface area (Å²) in [5.74, 6) is -3.33. The summed E-state index contributed by atoms with van der Waals surface area (Å²) in [6.45, 7) is 2.23. The zero-order valence-corrected chi connectivity index (χ0v) is 23.1. The van der Waals surface area contributed by atoms with Crippen molar-refractivity contribution in [1.82, 2.24) is 5.16 Å². The third-order valence-electron chi connectivity index (χ3n) is 9.13. The summed E-state index contributed by atoms with van der Waals surface area (Å²) >= 11 is 0. The molecule has 0 aliphatic heterocycles. The van der Waals surface area contributed by atoms with Gasteiger partial charge in [0.1, 0.15) is 12.2 Å². The quantitative estimate of drug-likeness (QED) is 0.467. The number of benzene rings is 2. The van der Waals surface area contributed by atoms with Crippen molar-refractivity contribution in [3.8, 4) is 5.88 Å². The minimum absolute atomic E-state index is 0.0183. The first-order chi connectivity index (χ1) is 19.2. The third-order valence-corrected chi connectivity index (χ3v) is 9.13. The van der Waals surface area contributed by atoms with Gasteiger partial charge in [0, 0.05) is 44.8 Å². The lowest BCUT2D eigenvalue weighted by atomic mass is 9.50. The summed E-state index contributed by atoms with van der Waals surface area (Å²) < 4.78 is 17.4. The van der Waals surface area contributed by atoms with E-state index in [0.29, 0.717) is 17.7 Å². The molecule has 1 heterocycles. The van der Waals surface area contributed by atoms with Crippen LogP contribution in [0.15, 0.2) is 47.0 Å². The molecule has 40 heavy (non-hydrogen) atoms. The molecular weight excluding hydrogens is 510 g/mol. The number of carbonyl (C=O) groups excluding carboxylic acids is 3. The largest absolute Gasteiger partial charge is 0.470 e. The number of hydrogen-bond acceptors (Lipinski definition) is 9. The van der Waals surface area contributed by atoms with Crippen LogP contribution in [-0.2, 0) is 29.0 Å². The summed E-state index contributed by atoms with van der Waals surface area (Å²) in [7, 11) is 5.23. The van der Waals surface area contributed by atoms with E-state index in [1.54, 1.807) is 0 Å². The van der Waals surface area contributed by atoms with Crippen molar-refractivity contribution >= 4 is 23.0 Å². The fraction of sp³-hybridized carbons (Fsp3) is 0.419. The topological polar surface area (TPSA) is 125 Å². The number of ether oxygens (including phenoxy) is 2. The SMILES string of the molecule is COC12C(=O)c3c(OCc4ccccc4)noc3CC1C(CN)C1Cc3c(N(C)C)ccc(C)c3C(=O)C1C2=O. The van der Waals surface area contributed by atoms with Crippen LogP contribution in [0, 0.1) is 30.6 Å². The Labute approximate surface area is 232 Å². The van der Waals surface area contributed by atoms with Gasteiger partial charge in [-0.05, 0) is 59.6 Å². The Morgan fingerprint density at radius 1 is 1.07 bits per heavy atom. The molecule has 3 aromatic rings. The fourth-order valence-electron chi connectivity index (χ4n) is 7.29. The van der Waals surface area contributed by atoms with Gasteiger partial charge in [-0.15, -0.1) is 0 Å². The van der Waals surface area contributed by atoms with Crippen LogP contribution in [0.3, 0.4) is 0 Å². The summed E-state index contributed by atoms with van der Waals surface area (Å²) in [6.07, 6.45) is 0.733. The van der Waals surface area contributed by atoms with Crippen LogP contribution in [-0.4, -0.2) is 55.9 Å². The molecule has 9 heteroatoms. The molecule has 0 amide bonds. The molecule has 0 saturated heterocycles. The second-order valence-electron chi connectivity index (χ2n) is 11.3. The molecule has 6 rings (SSSR count). The number of hydrogen-bond donors (Lipinski definition) is 1. The maximum absolute atomic E-state index is 14.5. The first-order valence-electron chi connectivity index (χ1n) is 13.6. The Morgan fingerprint density at radius 2 is 1.82 bits per heavy atom. The highest BCUT2D eigenvalue weighted by molar-refractivity contribution is 6.27. The lowest BCUT2D eigenvalue weighted by Gasteiger charge is -2.53. The number of aryl methyl sites for hydroxylation is 1. The van der Waals surface area contributed by atoms with Gasteiger partial charge in [0.2, 0.25) is 5.78 Å². The van der Waals surface area contributed by atoms with Gasteiger partial charge in [0.15, 0.2) is 22.9 Å². The molecule has 1 saturated carbocycles.